The third-order valence-electron chi connectivity index (χ3n) is 5.99. The number of amides is 1. The van der Waals surface area contributed by atoms with Gasteiger partial charge in [-0.25, -0.2) is 23.4 Å². The molecule has 0 spiro atoms. The first kappa shape index (κ1) is 23.1. The van der Waals surface area contributed by atoms with E-state index in [4.69, 9.17) is 5.26 Å². The monoisotopic (exact) mass is 485 g/mol. The molecule has 180 valence electrons. The first-order chi connectivity index (χ1) is 17.5. The van der Waals surface area contributed by atoms with Crippen molar-refractivity contribution in [1.82, 2.24) is 24.6 Å². The predicted octanol–water partition coefficient (Wildman–Crippen LogP) is 3.51. The molecule has 36 heavy (non-hydrogen) atoms. The van der Waals surface area contributed by atoms with E-state index in [2.05, 4.69) is 21.1 Å². The largest absolute Gasteiger partial charge is 0.353 e. The molecule has 5 rings (SSSR count). The molecule has 0 saturated carbocycles. The second-order valence-electron chi connectivity index (χ2n) is 8.31. The smallest absolute Gasteiger partial charge is 0.244 e. The Balaban J connectivity index is 1.34. The van der Waals surface area contributed by atoms with Gasteiger partial charge in [-0.05, 0) is 60.7 Å². The maximum absolute atomic E-state index is 13.5. The highest BCUT2D eigenvalue weighted by Gasteiger charge is 2.24. The van der Waals surface area contributed by atoms with Gasteiger partial charge in [-0.15, -0.1) is 5.10 Å². The third-order valence-corrected chi connectivity index (χ3v) is 5.99. The molecule has 1 aliphatic rings. The minimum Gasteiger partial charge on any atom is -0.353 e. The standard InChI is InChI=1S/C26H21F2N7O/c27-21-5-1-19(2-6-21)25-31-26(20-3-7-22(28)8-4-20)35(32-25)17-24(36)34-13-11-33(12-14-34)23-15-18(16-29)9-10-30-23/h1-10,15H,11-14,17H2. The molecule has 0 atom stereocenters. The summed E-state index contributed by atoms with van der Waals surface area (Å²) in [5.41, 5.74) is 1.75. The minimum absolute atomic E-state index is 0.0525. The first-order valence-corrected chi connectivity index (χ1v) is 11.4. The molecule has 0 aliphatic carbocycles. The lowest BCUT2D eigenvalue weighted by molar-refractivity contribution is -0.132. The number of anilines is 1. The van der Waals surface area contributed by atoms with E-state index in [1.807, 2.05) is 4.90 Å². The van der Waals surface area contributed by atoms with Crippen LogP contribution in [0.25, 0.3) is 22.8 Å². The van der Waals surface area contributed by atoms with Crippen molar-refractivity contribution in [3.63, 3.8) is 0 Å². The summed E-state index contributed by atoms with van der Waals surface area (Å²) in [7, 11) is 0. The van der Waals surface area contributed by atoms with E-state index in [0.29, 0.717) is 60.3 Å². The lowest BCUT2D eigenvalue weighted by Gasteiger charge is -2.35. The van der Waals surface area contributed by atoms with Gasteiger partial charge in [0.2, 0.25) is 5.91 Å². The number of rotatable bonds is 5. The fraction of sp³-hybridized carbons (Fsp3) is 0.192. The van der Waals surface area contributed by atoms with Crippen LogP contribution >= 0.6 is 0 Å². The van der Waals surface area contributed by atoms with Crippen LogP contribution in [-0.2, 0) is 11.3 Å². The maximum atomic E-state index is 13.5. The Morgan fingerprint density at radius 3 is 2.19 bits per heavy atom. The predicted molar refractivity (Wildman–Crippen MR) is 129 cm³/mol. The molecule has 0 unspecified atom stereocenters. The van der Waals surface area contributed by atoms with Crippen LogP contribution in [0.1, 0.15) is 5.56 Å². The van der Waals surface area contributed by atoms with Crippen molar-refractivity contribution in [1.29, 1.82) is 5.26 Å². The maximum Gasteiger partial charge on any atom is 0.244 e. The van der Waals surface area contributed by atoms with Crippen molar-refractivity contribution in [3.8, 4) is 28.8 Å². The molecular formula is C26H21F2N7O. The number of pyridine rings is 1. The van der Waals surface area contributed by atoms with Crippen LogP contribution in [0.5, 0.6) is 0 Å². The number of halogens is 2. The van der Waals surface area contributed by atoms with E-state index in [-0.39, 0.29) is 24.1 Å². The summed E-state index contributed by atoms with van der Waals surface area (Å²) in [5.74, 6) is 0.578. The Hall–Kier alpha value is -4.65. The average Bonchev–Trinajstić information content (AvgIpc) is 3.33. The molecule has 1 amide bonds. The van der Waals surface area contributed by atoms with Gasteiger partial charge in [-0.2, -0.15) is 5.26 Å². The minimum atomic E-state index is -0.382. The number of aromatic nitrogens is 4. The third kappa shape index (κ3) is 4.90. The summed E-state index contributed by atoms with van der Waals surface area (Å²) in [6, 6.07) is 17.1. The van der Waals surface area contributed by atoms with Gasteiger partial charge >= 0.3 is 0 Å². The van der Waals surface area contributed by atoms with Gasteiger partial charge < -0.3 is 9.80 Å². The van der Waals surface area contributed by atoms with Crippen molar-refractivity contribution in [2.75, 3.05) is 31.1 Å². The van der Waals surface area contributed by atoms with Crippen LogP contribution in [0.3, 0.4) is 0 Å². The number of nitriles is 1. The molecule has 3 heterocycles. The molecule has 1 fully saturated rings. The van der Waals surface area contributed by atoms with Gasteiger partial charge in [-0.3, -0.25) is 4.79 Å². The summed E-state index contributed by atoms with van der Waals surface area (Å²) < 4.78 is 28.4. The average molecular weight is 485 g/mol. The number of carbonyl (C=O) groups excluding carboxylic acids is 1. The fourth-order valence-electron chi connectivity index (χ4n) is 4.06. The van der Waals surface area contributed by atoms with Gasteiger partial charge in [0.15, 0.2) is 11.6 Å². The molecule has 0 N–H and O–H groups in total. The number of hydrogen-bond acceptors (Lipinski definition) is 6. The normalized spacial score (nSPS) is 13.5. The van der Waals surface area contributed by atoms with Gasteiger partial charge in [0.1, 0.15) is 24.0 Å². The van der Waals surface area contributed by atoms with Crippen molar-refractivity contribution in [2.45, 2.75) is 6.54 Å². The van der Waals surface area contributed by atoms with E-state index in [9.17, 15) is 13.6 Å². The SMILES string of the molecule is N#Cc1ccnc(N2CCN(C(=O)Cn3nc(-c4ccc(F)cc4)nc3-c3ccc(F)cc3)CC2)c1. The highest BCUT2D eigenvalue weighted by molar-refractivity contribution is 5.77. The van der Waals surface area contributed by atoms with Crippen LogP contribution in [-0.4, -0.2) is 56.7 Å². The van der Waals surface area contributed by atoms with Crippen molar-refractivity contribution in [2.24, 2.45) is 0 Å². The molecular weight excluding hydrogens is 464 g/mol. The Kier molecular flexibility index (Phi) is 6.36. The summed E-state index contributed by atoms with van der Waals surface area (Å²) in [5, 5.41) is 13.6. The Labute approximate surface area is 206 Å². The second-order valence-corrected chi connectivity index (χ2v) is 8.31. The van der Waals surface area contributed by atoms with Gasteiger partial charge in [-0.1, -0.05) is 0 Å². The van der Waals surface area contributed by atoms with Crippen LogP contribution in [0.4, 0.5) is 14.6 Å². The van der Waals surface area contributed by atoms with Crippen molar-refractivity contribution >= 4 is 11.7 Å². The molecule has 0 bridgehead atoms. The molecule has 0 radical (unpaired) electrons. The number of benzene rings is 2. The Morgan fingerprint density at radius 2 is 1.56 bits per heavy atom. The fourth-order valence-corrected chi connectivity index (χ4v) is 4.06. The highest BCUT2D eigenvalue weighted by atomic mass is 19.1. The number of nitrogens with zero attached hydrogens (tertiary/aromatic N) is 7. The molecule has 1 saturated heterocycles. The van der Waals surface area contributed by atoms with Crippen LogP contribution in [0.15, 0.2) is 66.9 Å². The molecule has 2 aromatic carbocycles. The lowest BCUT2D eigenvalue weighted by atomic mass is 10.2. The van der Waals surface area contributed by atoms with E-state index in [0.717, 1.165) is 0 Å². The van der Waals surface area contributed by atoms with Gasteiger partial charge in [0, 0.05) is 43.5 Å². The van der Waals surface area contributed by atoms with Gasteiger partial charge in [0.05, 0.1) is 11.6 Å². The van der Waals surface area contributed by atoms with Crippen LogP contribution < -0.4 is 4.90 Å². The van der Waals surface area contributed by atoms with Crippen LogP contribution in [0, 0.1) is 23.0 Å². The summed E-state index contributed by atoms with van der Waals surface area (Å²) in [6.07, 6.45) is 1.60. The summed E-state index contributed by atoms with van der Waals surface area (Å²) in [4.78, 5) is 25.9. The molecule has 8 nitrogen and oxygen atoms in total. The highest BCUT2D eigenvalue weighted by Crippen LogP contribution is 2.24. The molecule has 1 aliphatic heterocycles. The van der Waals surface area contributed by atoms with Crippen molar-refractivity contribution < 1.29 is 13.6 Å². The van der Waals surface area contributed by atoms with Gasteiger partial charge in [0.25, 0.3) is 0 Å². The lowest BCUT2D eigenvalue weighted by Crippen LogP contribution is -2.50. The molecule has 10 heteroatoms. The first-order valence-electron chi connectivity index (χ1n) is 11.4. The number of carbonyl (C=O) groups is 1. The van der Waals surface area contributed by atoms with E-state index >= 15 is 0 Å². The topological polar surface area (TPSA) is 90.9 Å². The molecule has 4 aromatic rings. The van der Waals surface area contributed by atoms with Crippen LogP contribution in [0.2, 0.25) is 0 Å². The summed E-state index contributed by atoms with van der Waals surface area (Å²) in [6.45, 7) is 2.09. The summed E-state index contributed by atoms with van der Waals surface area (Å²) >= 11 is 0. The van der Waals surface area contributed by atoms with Crippen molar-refractivity contribution in [3.05, 3.63) is 84.1 Å². The number of hydrogen-bond donors (Lipinski definition) is 0. The zero-order chi connectivity index (χ0) is 25.1. The Bertz CT molecular complexity index is 1420. The number of piperazine rings is 1. The zero-order valence-electron chi connectivity index (χ0n) is 19.2. The second kappa shape index (κ2) is 9.92. The quantitative estimate of drug-likeness (QED) is 0.430. The zero-order valence-corrected chi connectivity index (χ0v) is 19.2. The molecule has 2 aromatic heterocycles. The van der Waals surface area contributed by atoms with E-state index in [1.165, 1.54) is 28.9 Å². The van der Waals surface area contributed by atoms with E-state index in [1.54, 1.807) is 47.5 Å². The van der Waals surface area contributed by atoms with E-state index < -0.39 is 0 Å². The Morgan fingerprint density at radius 1 is 0.917 bits per heavy atom.